The van der Waals surface area contributed by atoms with Gasteiger partial charge in [0.05, 0.1) is 12.4 Å². The lowest BCUT2D eigenvalue weighted by Gasteiger charge is -2.14. The van der Waals surface area contributed by atoms with Gasteiger partial charge in [-0.05, 0) is 89.2 Å². The van der Waals surface area contributed by atoms with E-state index < -0.39 is 83.6 Å². The molecule has 0 saturated carbocycles. The van der Waals surface area contributed by atoms with Gasteiger partial charge in [0.2, 0.25) is 0 Å². The van der Waals surface area contributed by atoms with Crippen LogP contribution in [0.2, 0.25) is 0 Å². The van der Waals surface area contributed by atoms with E-state index in [1.54, 1.807) is 41.9 Å². The Balaban J connectivity index is -0.0000000671. The van der Waals surface area contributed by atoms with Crippen LogP contribution in [0.25, 0.3) is 0 Å². The van der Waals surface area contributed by atoms with Crippen LogP contribution in [-0.2, 0) is 51.0 Å². The summed E-state index contributed by atoms with van der Waals surface area (Å²) in [6, 6.07) is 0. The molecule has 0 heterocycles. The van der Waals surface area contributed by atoms with Crippen LogP contribution in [-0.4, -0.2) is 148 Å². The molecule has 0 aromatic heterocycles. The van der Waals surface area contributed by atoms with Crippen LogP contribution in [0, 0.1) is 30.8 Å². The van der Waals surface area contributed by atoms with E-state index in [1.807, 2.05) is 30.9 Å². The normalized spacial score (nSPS) is 9.82. The molecule has 0 aliphatic rings. The number of rotatable bonds is 17. The fourth-order valence-electron chi connectivity index (χ4n) is 1.61. The SMILES string of the molecule is C#C/C([O-])=C/C(=O)O.C=C([O-])/C=C/SC.CC#C/C=C/SC.CS/C=C/C(=O)CC(=O)[O-].CS/C=C/C(O)C(O)C(=O)[O-].CS/C=C/C([O-])=C/C(=O)O.O=C=C[O-].O=CC(=O)[O-].[CH-]=C(O)/C=C/[S-].[O-]C=C(O)O.[O-]C=C(O)O.[O-]C=C(O)O. The molecule has 0 amide bonds. The van der Waals surface area contributed by atoms with Gasteiger partial charge in [-0.1, -0.05) is 54.8 Å². The summed E-state index contributed by atoms with van der Waals surface area (Å²) in [5, 5.41) is 190. The predicted octanol–water partition coefficient (Wildman–Crippen LogP) is -5.00. The van der Waals surface area contributed by atoms with E-state index in [2.05, 4.69) is 37.5 Å². The Morgan fingerprint density at radius 3 is 1.22 bits per heavy atom. The molecule has 11 N–H and O–H groups in total. The number of hydrogen-bond donors (Lipinski definition) is 11. The number of thioether (sulfide) groups is 5. The molecule has 0 aliphatic carbocycles. The Hall–Kier alpha value is -9.03. The number of hydrogen-bond acceptors (Lipinski definition) is 33. The molecular weight excluding hydrogens is 1230 g/mol. The van der Waals surface area contributed by atoms with Crippen molar-refractivity contribution in [2.45, 2.75) is 25.6 Å². The molecule has 35 heteroatoms. The number of carbonyl (C=O) groups excluding carboxylic acids is 6. The van der Waals surface area contributed by atoms with Gasteiger partial charge >= 0.3 is 11.9 Å². The van der Waals surface area contributed by atoms with Crippen molar-refractivity contribution in [3.63, 3.8) is 0 Å². The fourth-order valence-corrected chi connectivity index (χ4v) is 3.11. The number of aliphatic hydroxyl groups is 9. The molecule has 0 spiro atoms. The summed E-state index contributed by atoms with van der Waals surface area (Å²) in [6.07, 6.45) is 18.7. The van der Waals surface area contributed by atoms with Gasteiger partial charge in [0.1, 0.15) is 24.1 Å². The van der Waals surface area contributed by atoms with Crippen LogP contribution in [0.3, 0.4) is 0 Å². The van der Waals surface area contributed by atoms with Crippen molar-refractivity contribution in [1.29, 1.82) is 0 Å². The van der Waals surface area contributed by atoms with Crippen LogP contribution in [0.15, 0.2) is 154 Å². The van der Waals surface area contributed by atoms with Gasteiger partial charge in [0.15, 0.2) is 12.1 Å². The Morgan fingerprint density at radius 2 is 1.01 bits per heavy atom. The molecule has 0 aromatic rings. The molecule has 2 atom stereocenters. The molecular formula is C48H56O29S6-12. The second-order valence-corrected chi connectivity index (χ2v) is 14.5. The highest BCUT2D eigenvalue weighted by molar-refractivity contribution is 8.02. The summed E-state index contributed by atoms with van der Waals surface area (Å²) in [5.41, 5.74) is 0. The zero-order chi connectivity index (χ0) is 68.2. The molecule has 470 valence electrons. The van der Waals surface area contributed by atoms with Crippen molar-refractivity contribution in [2.24, 2.45) is 0 Å². The van der Waals surface area contributed by atoms with Gasteiger partial charge in [-0.15, -0.1) is 89.3 Å². The van der Waals surface area contributed by atoms with Crippen LogP contribution in [0.4, 0.5) is 0 Å². The number of terminal acetylenes is 1. The molecule has 0 rings (SSSR count). The van der Waals surface area contributed by atoms with Crippen LogP contribution in [0.5, 0.6) is 0 Å². The maximum atomic E-state index is 10.5. The standard InChI is InChI=1S/C6H10O4S.2C6H8O3S.C6H8S.C5H4O3.C5H8OS.C4H5OS.3C2H4O3.C2H2O3.C2H2O2/c1-11-3-2-4(7)5(8)6(9)10;2*1-10-3-2-5(7)4-6(8)9;1-3-4-5-6-7-2;1-2-4(6)3-5(7)8;1-5(6)3-4-7-2;1-4(5)2-3-6;4*3-1-2(4)5;3-1-2-4/h2-5,7-8H,1H3,(H,9,10);2-3H,4H2,1H3,(H,8,9);2-4,7H,1H3,(H,8,9);5-6H,1-2H3;1,3,6H,(H,7,8);3-4,6H,1H2,2H3;1-3,5-6H;3*1,3-5H;1H,(H,4,5);1,3H/q;;;;;;-1;;;;;/p-11/b2*3-2+;3-2+,5-4-;6-5+;4-3-;4-3+;3-2+;;;;;. The number of carbonyl (C=O) groups is 7. The van der Waals surface area contributed by atoms with E-state index in [0.29, 0.717) is 12.2 Å². The van der Waals surface area contributed by atoms with Gasteiger partial charge < -0.3 is 134 Å². The van der Waals surface area contributed by atoms with E-state index in [9.17, 15) is 49.5 Å². The fraction of sp³-hybridized carbons (Fsp3) is 0.188. The number of aliphatic hydroxyl groups excluding tert-OH is 6. The monoisotopic (exact) mass is 1290 g/mol. The second-order valence-electron chi connectivity index (χ2n) is 10.6. The van der Waals surface area contributed by atoms with Gasteiger partial charge in [-0.25, -0.2) is 21.0 Å². The van der Waals surface area contributed by atoms with Crippen molar-refractivity contribution in [1.82, 2.24) is 0 Å². The summed E-state index contributed by atoms with van der Waals surface area (Å²) in [7, 11) is 0. The van der Waals surface area contributed by atoms with E-state index in [4.69, 9.17) is 103 Å². The minimum Gasteiger partial charge on any atom is -0.873 e. The zero-order valence-corrected chi connectivity index (χ0v) is 48.8. The summed E-state index contributed by atoms with van der Waals surface area (Å²) in [6.45, 7) is 9.68. The smallest absolute Gasteiger partial charge is 0.328 e. The van der Waals surface area contributed by atoms with Crippen LogP contribution in [0.1, 0.15) is 13.3 Å². The largest absolute Gasteiger partial charge is 0.873 e. The maximum Gasteiger partial charge on any atom is 0.328 e. The van der Waals surface area contributed by atoms with Gasteiger partial charge in [0.25, 0.3) is 17.8 Å². The third-order valence-corrected chi connectivity index (χ3v) is 6.44. The van der Waals surface area contributed by atoms with E-state index in [0.717, 1.165) is 5.94 Å². The van der Waals surface area contributed by atoms with Crippen molar-refractivity contribution in [3.05, 3.63) is 160 Å². The summed E-state index contributed by atoms with van der Waals surface area (Å²) in [5.74, 6) is -4.72. The third kappa shape index (κ3) is 182. The number of allylic oxidation sites excluding steroid dienone is 6. The molecule has 83 heavy (non-hydrogen) atoms. The number of carboxylic acids is 5. The highest BCUT2D eigenvalue weighted by Crippen LogP contribution is 2.00. The molecule has 0 bridgehead atoms. The third-order valence-electron chi connectivity index (χ3n) is 4.24. The van der Waals surface area contributed by atoms with Gasteiger partial charge in [0, 0.05) is 18.1 Å². The lowest BCUT2D eigenvalue weighted by atomic mass is 10.2. The Labute approximate surface area is 503 Å². The number of carboxylic acid groups (broad SMARTS) is 5. The predicted molar refractivity (Wildman–Crippen MR) is 296 cm³/mol. The van der Waals surface area contributed by atoms with Crippen LogP contribution < -0.4 is 51.1 Å². The van der Waals surface area contributed by atoms with E-state index in [1.165, 1.54) is 99.1 Å². The minimum absolute atomic E-state index is 0.0556. The molecule has 0 radical (unpaired) electrons. The van der Waals surface area contributed by atoms with Crippen molar-refractivity contribution in [2.75, 3.05) is 31.3 Å². The Bertz CT molecular complexity index is 2210. The first-order valence-corrected chi connectivity index (χ1v) is 26.4. The highest BCUT2D eigenvalue weighted by atomic mass is 32.2. The number of ketones is 1. The van der Waals surface area contributed by atoms with E-state index >= 15 is 0 Å². The summed E-state index contributed by atoms with van der Waals surface area (Å²) >= 11 is 11.4. The summed E-state index contributed by atoms with van der Waals surface area (Å²) < 4.78 is 0. The molecule has 29 nitrogen and oxygen atoms in total. The maximum absolute atomic E-state index is 10.5. The van der Waals surface area contributed by atoms with E-state index in [-0.39, 0.29) is 42.9 Å². The van der Waals surface area contributed by atoms with Gasteiger partial charge in [-0.3, -0.25) is 15.0 Å². The van der Waals surface area contributed by atoms with Crippen molar-refractivity contribution < 1.29 is 146 Å². The van der Waals surface area contributed by atoms with Crippen molar-refractivity contribution in [3.8, 4) is 24.2 Å². The minimum atomic E-state index is -1.85. The number of aliphatic carboxylic acids is 5. The average Bonchev–Trinajstić information content (AvgIpc) is 3.41. The zero-order valence-electron chi connectivity index (χ0n) is 43.9. The lowest BCUT2D eigenvalue weighted by molar-refractivity contribution is -0.317. The first kappa shape index (κ1) is 103. The molecule has 0 aliphatic heterocycles. The number of aldehydes is 1. The average molecular weight is 1290 g/mol. The Kier molecular flexibility index (Phi) is 111. The molecule has 0 saturated heterocycles. The molecule has 2 unspecified atom stereocenters. The lowest BCUT2D eigenvalue weighted by Crippen LogP contribution is -2.42. The first-order valence-electron chi connectivity index (χ1n) is 19.5. The van der Waals surface area contributed by atoms with Crippen LogP contribution >= 0.6 is 58.8 Å². The second kappa shape index (κ2) is 89.5. The van der Waals surface area contributed by atoms with Crippen molar-refractivity contribution >= 4 is 119 Å². The first-order chi connectivity index (χ1) is 38.5. The quantitative estimate of drug-likeness (QED) is 0.00621. The molecule has 0 fully saturated rings. The topological polar surface area (TPSA) is 590 Å². The highest BCUT2D eigenvalue weighted by Gasteiger charge is 2.13. The van der Waals surface area contributed by atoms with Gasteiger partial charge in [-0.2, -0.15) is 6.08 Å². The Morgan fingerprint density at radius 1 is 0.651 bits per heavy atom. The summed E-state index contributed by atoms with van der Waals surface area (Å²) in [4.78, 5) is 76.1. The molecule has 0 aromatic carbocycles.